The van der Waals surface area contributed by atoms with Crippen LogP contribution in [-0.2, 0) is 16.1 Å². The van der Waals surface area contributed by atoms with E-state index in [0.29, 0.717) is 12.1 Å². The average molecular weight is 378 g/mol. The number of hydroxylamine groups is 1. The lowest BCUT2D eigenvalue weighted by atomic mass is 9.74. The van der Waals surface area contributed by atoms with Crippen LogP contribution in [0, 0.1) is 5.82 Å². The minimum Gasteiger partial charge on any atom is -0.351 e. The standard InChI is InChI=1S/C21H32FN3O2/c1-15(2)24-27-16(3)20(26)23-18-10-12-21(13-11-18,25(4)5)14-17-8-6-7-9-19(17)22/h6-9,16,18,24H,1,10-14H2,2-5H3,(H,23,26). The smallest absolute Gasteiger partial charge is 0.251 e. The van der Waals surface area contributed by atoms with E-state index in [1.165, 1.54) is 6.07 Å². The number of carbonyl (C=O) groups excluding carboxylic acids is 1. The van der Waals surface area contributed by atoms with E-state index >= 15 is 0 Å². The van der Waals surface area contributed by atoms with Crippen LogP contribution in [-0.4, -0.2) is 42.6 Å². The molecule has 0 radical (unpaired) electrons. The topological polar surface area (TPSA) is 53.6 Å². The summed E-state index contributed by atoms with van der Waals surface area (Å²) < 4.78 is 14.1. The molecule has 1 aromatic carbocycles. The summed E-state index contributed by atoms with van der Waals surface area (Å²) in [5, 5.41) is 3.07. The fourth-order valence-electron chi connectivity index (χ4n) is 3.64. The Kier molecular flexibility index (Phi) is 7.39. The molecule has 1 aliphatic rings. The number of carbonyl (C=O) groups is 1. The first-order valence-electron chi connectivity index (χ1n) is 9.52. The molecule has 1 amide bonds. The van der Waals surface area contributed by atoms with Gasteiger partial charge in [0, 0.05) is 17.3 Å². The Labute approximate surface area is 161 Å². The predicted octanol–water partition coefficient (Wildman–Crippen LogP) is 3.17. The van der Waals surface area contributed by atoms with Crippen LogP contribution in [0.15, 0.2) is 36.5 Å². The molecule has 1 fully saturated rings. The van der Waals surface area contributed by atoms with Crippen LogP contribution in [0.1, 0.15) is 45.1 Å². The van der Waals surface area contributed by atoms with E-state index in [1.54, 1.807) is 19.9 Å². The van der Waals surface area contributed by atoms with Crippen LogP contribution in [0.2, 0.25) is 0 Å². The SMILES string of the molecule is C=C(C)NOC(C)C(=O)NC1CCC(Cc2ccccc2F)(N(C)C)CC1. The van der Waals surface area contributed by atoms with Crippen molar-refractivity contribution < 1.29 is 14.0 Å². The number of nitrogens with one attached hydrogen (secondary N) is 2. The first kappa shape index (κ1) is 21.4. The van der Waals surface area contributed by atoms with Gasteiger partial charge in [-0.15, -0.1) is 0 Å². The van der Waals surface area contributed by atoms with Crippen molar-refractivity contribution in [1.29, 1.82) is 0 Å². The third-order valence-electron chi connectivity index (χ3n) is 5.47. The van der Waals surface area contributed by atoms with Gasteiger partial charge in [-0.05, 0) is 71.7 Å². The Morgan fingerprint density at radius 2 is 2.00 bits per heavy atom. The third-order valence-corrected chi connectivity index (χ3v) is 5.47. The Hall–Kier alpha value is -1.92. The zero-order chi connectivity index (χ0) is 20.0. The van der Waals surface area contributed by atoms with Crippen molar-refractivity contribution in [1.82, 2.24) is 15.7 Å². The van der Waals surface area contributed by atoms with E-state index in [2.05, 4.69) is 36.4 Å². The largest absolute Gasteiger partial charge is 0.351 e. The highest BCUT2D eigenvalue weighted by molar-refractivity contribution is 5.80. The number of amides is 1. The van der Waals surface area contributed by atoms with E-state index in [-0.39, 0.29) is 23.3 Å². The van der Waals surface area contributed by atoms with Crippen molar-refractivity contribution in [2.24, 2.45) is 0 Å². The molecule has 1 unspecified atom stereocenters. The molecule has 0 aliphatic heterocycles. The highest BCUT2D eigenvalue weighted by Crippen LogP contribution is 2.36. The summed E-state index contributed by atoms with van der Waals surface area (Å²) >= 11 is 0. The molecule has 5 nitrogen and oxygen atoms in total. The monoisotopic (exact) mass is 377 g/mol. The molecule has 6 heteroatoms. The van der Waals surface area contributed by atoms with Crippen molar-refractivity contribution in [3.63, 3.8) is 0 Å². The van der Waals surface area contributed by atoms with Gasteiger partial charge in [-0.2, -0.15) is 0 Å². The normalized spacial score (nSPS) is 23.7. The van der Waals surface area contributed by atoms with E-state index in [1.807, 2.05) is 12.1 Å². The summed E-state index contributed by atoms with van der Waals surface area (Å²) in [5.74, 6) is -0.287. The van der Waals surface area contributed by atoms with Crippen LogP contribution in [0.25, 0.3) is 0 Å². The summed E-state index contributed by atoms with van der Waals surface area (Å²) in [6.45, 7) is 7.15. The van der Waals surface area contributed by atoms with E-state index in [9.17, 15) is 9.18 Å². The van der Waals surface area contributed by atoms with Gasteiger partial charge in [0.25, 0.3) is 5.91 Å². The van der Waals surface area contributed by atoms with Crippen LogP contribution >= 0.6 is 0 Å². The third kappa shape index (κ3) is 5.78. The zero-order valence-corrected chi connectivity index (χ0v) is 16.8. The number of hydrogen-bond acceptors (Lipinski definition) is 4. The molecule has 2 rings (SSSR count). The van der Waals surface area contributed by atoms with E-state index < -0.39 is 6.10 Å². The van der Waals surface area contributed by atoms with Crippen LogP contribution in [0.5, 0.6) is 0 Å². The first-order chi connectivity index (χ1) is 12.7. The summed E-state index contributed by atoms with van der Waals surface area (Å²) in [7, 11) is 4.11. The second kappa shape index (κ2) is 9.33. The Morgan fingerprint density at radius 1 is 1.37 bits per heavy atom. The maximum atomic E-state index is 14.1. The zero-order valence-electron chi connectivity index (χ0n) is 16.8. The number of allylic oxidation sites excluding steroid dienone is 1. The number of nitrogens with zero attached hydrogens (tertiary/aromatic N) is 1. The molecule has 1 atom stereocenters. The summed E-state index contributed by atoms with van der Waals surface area (Å²) in [6, 6.07) is 7.10. The van der Waals surface area contributed by atoms with Gasteiger partial charge >= 0.3 is 0 Å². The number of hydrogen-bond donors (Lipinski definition) is 2. The summed E-state index contributed by atoms with van der Waals surface area (Å²) in [6.07, 6.45) is 3.60. The molecule has 2 N–H and O–H groups in total. The number of likely N-dealkylation sites (N-methyl/N-ethyl adjacent to an activating group) is 1. The number of halogens is 1. The Balaban J connectivity index is 1.93. The molecule has 27 heavy (non-hydrogen) atoms. The molecule has 0 saturated heterocycles. The van der Waals surface area contributed by atoms with Crippen LogP contribution in [0.3, 0.4) is 0 Å². The molecular weight excluding hydrogens is 345 g/mol. The number of rotatable bonds is 8. The van der Waals surface area contributed by atoms with Crippen molar-refractivity contribution in [2.75, 3.05) is 14.1 Å². The lowest BCUT2D eigenvalue weighted by Crippen LogP contribution is -2.53. The lowest BCUT2D eigenvalue weighted by molar-refractivity contribution is -0.136. The van der Waals surface area contributed by atoms with Gasteiger partial charge in [-0.25, -0.2) is 4.39 Å². The maximum Gasteiger partial charge on any atom is 0.251 e. The molecule has 1 aliphatic carbocycles. The predicted molar refractivity (Wildman–Crippen MR) is 105 cm³/mol. The minimum absolute atomic E-state index is 0.0902. The average Bonchev–Trinajstić information content (AvgIpc) is 2.63. The van der Waals surface area contributed by atoms with Gasteiger partial charge in [0.2, 0.25) is 0 Å². The van der Waals surface area contributed by atoms with Gasteiger partial charge in [0.15, 0.2) is 6.10 Å². The van der Waals surface area contributed by atoms with Crippen molar-refractivity contribution in [3.05, 3.63) is 47.9 Å². The minimum atomic E-state index is -0.597. The van der Waals surface area contributed by atoms with Gasteiger partial charge in [0.05, 0.1) is 0 Å². The fourth-order valence-corrected chi connectivity index (χ4v) is 3.64. The van der Waals surface area contributed by atoms with Gasteiger partial charge in [-0.1, -0.05) is 24.8 Å². The quantitative estimate of drug-likeness (QED) is 0.684. The van der Waals surface area contributed by atoms with Crippen molar-refractivity contribution in [2.45, 2.75) is 63.6 Å². The number of benzene rings is 1. The van der Waals surface area contributed by atoms with Crippen LogP contribution < -0.4 is 10.8 Å². The van der Waals surface area contributed by atoms with Crippen LogP contribution in [0.4, 0.5) is 4.39 Å². The van der Waals surface area contributed by atoms with Crippen molar-refractivity contribution >= 4 is 5.91 Å². The van der Waals surface area contributed by atoms with E-state index in [4.69, 9.17) is 4.84 Å². The van der Waals surface area contributed by atoms with Crippen molar-refractivity contribution in [3.8, 4) is 0 Å². The Morgan fingerprint density at radius 3 is 2.56 bits per heavy atom. The molecule has 0 aromatic heterocycles. The first-order valence-corrected chi connectivity index (χ1v) is 9.52. The molecule has 1 aromatic rings. The van der Waals surface area contributed by atoms with Gasteiger partial charge in [0.1, 0.15) is 5.82 Å². The molecule has 1 saturated carbocycles. The maximum absolute atomic E-state index is 14.1. The lowest BCUT2D eigenvalue weighted by Gasteiger charge is -2.45. The molecule has 0 heterocycles. The summed E-state index contributed by atoms with van der Waals surface area (Å²) in [5.41, 5.74) is 3.94. The highest BCUT2D eigenvalue weighted by Gasteiger charge is 2.38. The van der Waals surface area contributed by atoms with E-state index in [0.717, 1.165) is 31.2 Å². The van der Waals surface area contributed by atoms with Gasteiger partial charge < -0.3 is 10.2 Å². The molecular formula is C21H32FN3O2. The molecule has 0 spiro atoms. The highest BCUT2D eigenvalue weighted by atomic mass is 19.1. The van der Waals surface area contributed by atoms with Gasteiger partial charge in [-0.3, -0.25) is 15.1 Å². The molecule has 0 bridgehead atoms. The molecule has 150 valence electrons. The fraction of sp³-hybridized carbons (Fsp3) is 0.571. The second-order valence-corrected chi connectivity index (χ2v) is 7.81. The Bertz CT molecular complexity index is 655. The second-order valence-electron chi connectivity index (χ2n) is 7.81. The summed E-state index contributed by atoms with van der Waals surface area (Å²) in [4.78, 5) is 19.8.